The Balaban J connectivity index is 2.66. The molecule has 7 heteroatoms. The van der Waals surface area contributed by atoms with Crippen molar-refractivity contribution < 1.29 is 31.5 Å². The van der Waals surface area contributed by atoms with Crippen LogP contribution in [0.25, 0.3) is 0 Å². The number of halogens is 5. The molecule has 0 N–H and O–H groups in total. The van der Waals surface area contributed by atoms with Crippen molar-refractivity contribution in [2.24, 2.45) is 5.92 Å². The number of rotatable bonds is 7. The van der Waals surface area contributed by atoms with Gasteiger partial charge >= 0.3 is 5.97 Å². The van der Waals surface area contributed by atoms with Gasteiger partial charge in [0.15, 0.2) is 23.3 Å². The molecule has 1 aromatic carbocycles. The largest absolute Gasteiger partial charge is 0.462 e. The van der Waals surface area contributed by atoms with E-state index in [1.54, 1.807) is 0 Å². The van der Waals surface area contributed by atoms with E-state index in [4.69, 9.17) is 0 Å². The maximum atomic E-state index is 13.5. The predicted molar refractivity (Wildman–Crippen MR) is 79.0 cm³/mol. The highest BCUT2D eigenvalue weighted by Crippen LogP contribution is 2.24. The van der Waals surface area contributed by atoms with E-state index in [1.807, 2.05) is 20.8 Å². The molecule has 1 atom stereocenters. The molecule has 0 aromatic heterocycles. The summed E-state index contributed by atoms with van der Waals surface area (Å²) in [7, 11) is 0. The summed E-state index contributed by atoms with van der Waals surface area (Å²) >= 11 is 0. The van der Waals surface area contributed by atoms with E-state index >= 15 is 0 Å². The molecule has 0 aliphatic carbocycles. The standard InChI is InChI=1S/C17H19F5O2/c1-9(2)5-4-6-10(3)7-8-24-17(23)11-12(18)14(20)16(22)15(21)13(11)19/h5,10H,4,6-8H2,1-3H3. The zero-order valence-corrected chi connectivity index (χ0v) is 13.7. The average Bonchev–Trinajstić information content (AvgIpc) is 2.51. The van der Waals surface area contributed by atoms with Crippen molar-refractivity contribution in [2.75, 3.05) is 6.61 Å². The van der Waals surface area contributed by atoms with Crippen molar-refractivity contribution in [3.63, 3.8) is 0 Å². The maximum absolute atomic E-state index is 13.5. The molecule has 0 aliphatic heterocycles. The van der Waals surface area contributed by atoms with Crippen LogP contribution in [0.4, 0.5) is 22.0 Å². The molecule has 0 spiro atoms. The van der Waals surface area contributed by atoms with Gasteiger partial charge in [-0.15, -0.1) is 0 Å². The molecular weight excluding hydrogens is 331 g/mol. The summed E-state index contributed by atoms with van der Waals surface area (Å²) in [6, 6.07) is 0. The SMILES string of the molecule is CC(C)=CCCC(C)CCOC(=O)c1c(F)c(F)c(F)c(F)c1F. The summed E-state index contributed by atoms with van der Waals surface area (Å²) in [6.07, 6.45) is 4.13. The Kier molecular flexibility index (Phi) is 7.38. The molecule has 1 rings (SSSR count). The second kappa shape index (κ2) is 8.80. The monoisotopic (exact) mass is 350 g/mol. The fourth-order valence-corrected chi connectivity index (χ4v) is 2.01. The zero-order chi connectivity index (χ0) is 18.4. The zero-order valence-electron chi connectivity index (χ0n) is 13.7. The van der Waals surface area contributed by atoms with Crippen molar-refractivity contribution in [3.8, 4) is 0 Å². The van der Waals surface area contributed by atoms with Gasteiger partial charge in [0, 0.05) is 0 Å². The molecule has 0 heterocycles. The van der Waals surface area contributed by atoms with Crippen molar-refractivity contribution >= 4 is 5.97 Å². The molecule has 1 unspecified atom stereocenters. The van der Waals surface area contributed by atoms with E-state index in [0.29, 0.717) is 6.42 Å². The summed E-state index contributed by atoms with van der Waals surface area (Å²) in [6.45, 7) is 5.67. The molecule has 134 valence electrons. The Labute approximate surface area is 137 Å². The van der Waals surface area contributed by atoms with Crippen LogP contribution < -0.4 is 0 Å². The third kappa shape index (κ3) is 5.04. The lowest BCUT2D eigenvalue weighted by Gasteiger charge is -2.12. The Hall–Kier alpha value is -1.92. The number of carbonyl (C=O) groups excluding carboxylic acids is 1. The van der Waals surface area contributed by atoms with E-state index in [0.717, 1.165) is 12.8 Å². The van der Waals surface area contributed by atoms with Gasteiger partial charge < -0.3 is 4.74 Å². The molecule has 0 amide bonds. The van der Waals surface area contributed by atoms with Gasteiger partial charge in [-0.05, 0) is 39.0 Å². The smallest absolute Gasteiger partial charge is 0.344 e. The molecule has 24 heavy (non-hydrogen) atoms. The Morgan fingerprint density at radius 1 is 0.958 bits per heavy atom. The van der Waals surface area contributed by atoms with Gasteiger partial charge in [-0.3, -0.25) is 0 Å². The first-order chi connectivity index (χ1) is 11.2. The maximum Gasteiger partial charge on any atom is 0.344 e. The molecule has 0 bridgehead atoms. The summed E-state index contributed by atoms with van der Waals surface area (Å²) in [5.74, 6) is -12.4. The number of benzene rings is 1. The van der Waals surface area contributed by atoms with Crippen LogP contribution in [0.3, 0.4) is 0 Å². The normalized spacial score (nSPS) is 12.0. The summed E-state index contributed by atoms with van der Waals surface area (Å²) < 4.78 is 70.6. The van der Waals surface area contributed by atoms with E-state index in [-0.39, 0.29) is 12.5 Å². The molecule has 1 aromatic rings. The lowest BCUT2D eigenvalue weighted by molar-refractivity contribution is 0.0469. The second-order valence-corrected chi connectivity index (χ2v) is 5.83. The molecular formula is C17H19F5O2. The molecule has 2 nitrogen and oxygen atoms in total. The van der Waals surface area contributed by atoms with E-state index < -0.39 is 40.6 Å². The van der Waals surface area contributed by atoms with Crippen LogP contribution in [0.15, 0.2) is 11.6 Å². The lowest BCUT2D eigenvalue weighted by atomic mass is 10.0. The van der Waals surface area contributed by atoms with Crippen molar-refractivity contribution in [3.05, 3.63) is 46.3 Å². The van der Waals surface area contributed by atoms with Crippen LogP contribution in [-0.4, -0.2) is 12.6 Å². The highest BCUT2D eigenvalue weighted by Gasteiger charge is 2.30. The van der Waals surface area contributed by atoms with E-state index in [1.165, 1.54) is 5.57 Å². The summed E-state index contributed by atoms with van der Waals surface area (Å²) in [4.78, 5) is 11.6. The minimum absolute atomic E-state index is 0.171. The Bertz CT molecular complexity index is 607. The van der Waals surface area contributed by atoms with Gasteiger partial charge in [0.1, 0.15) is 5.56 Å². The van der Waals surface area contributed by atoms with Crippen LogP contribution >= 0.6 is 0 Å². The Morgan fingerprint density at radius 2 is 1.46 bits per heavy atom. The summed E-state index contributed by atoms with van der Waals surface area (Å²) in [5, 5.41) is 0. The number of hydrogen-bond acceptors (Lipinski definition) is 2. The average molecular weight is 350 g/mol. The number of allylic oxidation sites excluding steroid dienone is 2. The number of ether oxygens (including phenoxy) is 1. The first-order valence-electron chi connectivity index (χ1n) is 7.48. The third-order valence-electron chi connectivity index (χ3n) is 3.47. The van der Waals surface area contributed by atoms with Gasteiger partial charge in [0.25, 0.3) is 0 Å². The molecule has 0 saturated heterocycles. The van der Waals surface area contributed by atoms with Crippen LogP contribution in [0, 0.1) is 35.0 Å². The van der Waals surface area contributed by atoms with Crippen LogP contribution in [0.1, 0.15) is 50.4 Å². The van der Waals surface area contributed by atoms with E-state index in [9.17, 15) is 26.7 Å². The van der Waals surface area contributed by atoms with E-state index in [2.05, 4.69) is 10.8 Å². The molecule has 0 saturated carbocycles. The third-order valence-corrected chi connectivity index (χ3v) is 3.47. The van der Waals surface area contributed by atoms with Gasteiger partial charge in [0.05, 0.1) is 6.61 Å². The quantitative estimate of drug-likeness (QED) is 0.219. The minimum Gasteiger partial charge on any atom is -0.462 e. The highest BCUT2D eigenvalue weighted by molar-refractivity contribution is 5.90. The first-order valence-corrected chi connectivity index (χ1v) is 7.48. The number of carbonyl (C=O) groups is 1. The minimum atomic E-state index is -2.31. The van der Waals surface area contributed by atoms with Gasteiger partial charge in [-0.1, -0.05) is 18.6 Å². The van der Waals surface area contributed by atoms with Gasteiger partial charge in [-0.2, -0.15) is 0 Å². The Morgan fingerprint density at radius 3 is 1.96 bits per heavy atom. The number of hydrogen-bond donors (Lipinski definition) is 0. The molecule has 0 aliphatic rings. The van der Waals surface area contributed by atoms with Gasteiger partial charge in [-0.25, -0.2) is 26.7 Å². The van der Waals surface area contributed by atoms with Crippen molar-refractivity contribution in [2.45, 2.75) is 40.0 Å². The number of esters is 1. The topological polar surface area (TPSA) is 26.3 Å². The molecule has 0 fully saturated rings. The second-order valence-electron chi connectivity index (χ2n) is 5.83. The van der Waals surface area contributed by atoms with Crippen molar-refractivity contribution in [1.29, 1.82) is 0 Å². The highest BCUT2D eigenvalue weighted by atomic mass is 19.2. The van der Waals surface area contributed by atoms with Crippen LogP contribution in [0.5, 0.6) is 0 Å². The predicted octanol–water partition coefficient (Wildman–Crippen LogP) is 5.31. The van der Waals surface area contributed by atoms with Crippen molar-refractivity contribution in [1.82, 2.24) is 0 Å². The van der Waals surface area contributed by atoms with Gasteiger partial charge in [0.2, 0.25) is 5.82 Å². The fraction of sp³-hybridized carbons (Fsp3) is 0.471. The van der Waals surface area contributed by atoms with Crippen LogP contribution in [-0.2, 0) is 4.74 Å². The summed E-state index contributed by atoms with van der Waals surface area (Å²) in [5.41, 5.74) is -0.386. The lowest BCUT2D eigenvalue weighted by Crippen LogP contribution is -2.16. The first kappa shape index (κ1) is 20.1. The van der Waals surface area contributed by atoms with Crippen LogP contribution in [0.2, 0.25) is 0 Å². The fourth-order valence-electron chi connectivity index (χ4n) is 2.01. The molecule has 0 radical (unpaired) electrons.